The van der Waals surface area contributed by atoms with Crippen LogP contribution in [0.15, 0.2) is 77.1 Å². The Hall–Kier alpha value is -2.88. The molecule has 0 saturated heterocycles. The van der Waals surface area contributed by atoms with Crippen LogP contribution >= 0.6 is 0 Å². The average molecular weight is 449 g/mol. The molecule has 4 nitrogen and oxygen atoms in total. The molecule has 33 heavy (non-hydrogen) atoms. The highest BCUT2D eigenvalue weighted by atomic mass is 16.5. The number of ether oxygens (including phenoxy) is 2. The van der Waals surface area contributed by atoms with Crippen molar-refractivity contribution < 1.29 is 19.1 Å². The van der Waals surface area contributed by atoms with Crippen LogP contribution in [0.2, 0.25) is 0 Å². The first-order valence-electron chi connectivity index (χ1n) is 11.8. The molecule has 0 spiro atoms. The van der Waals surface area contributed by atoms with E-state index >= 15 is 0 Å². The minimum atomic E-state index is -0.847. The van der Waals surface area contributed by atoms with Crippen molar-refractivity contribution in [1.29, 1.82) is 0 Å². The lowest BCUT2D eigenvalue weighted by atomic mass is 9.73. The number of carbonyl (C=O) groups is 2. The molecule has 4 heteroatoms. The van der Waals surface area contributed by atoms with Gasteiger partial charge in [-0.05, 0) is 71.1 Å². The molecule has 0 radical (unpaired) electrons. The van der Waals surface area contributed by atoms with Gasteiger partial charge in [-0.3, -0.25) is 9.59 Å². The predicted molar refractivity (Wildman–Crippen MR) is 132 cm³/mol. The van der Waals surface area contributed by atoms with Crippen LogP contribution in [0, 0.1) is 5.92 Å². The number of esters is 1. The van der Waals surface area contributed by atoms with Gasteiger partial charge in [-0.25, -0.2) is 0 Å². The zero-order valence-corrected chi connectivity index (χ0v) is 20.5. The summed E-state index contributed by atoms with van der Waals surface area (Å²) in [7, 11) is 1.33. The molecule has 0 saturated carbocycles. The van der Waals surface area contributed by atoms with Gasteiger partial charge in [0.25, 0.3) is 0 Å². The minimum Gasteiger partial charge on any atom is -0.487 e. The highest BCUT2D eigenvalue weighted by Gasteiger charge is 2.45. The summed E-state index contributed by atoms with van der Waals surface area (Å²) in [5, 5.41) is 0. The molecule has 3 atom stereocenters. The van der Waals surface area contributed by atoms with Gasteiger partial charge in [0.05, 0.1) is 12.7 Å². The molecule has 176 valence electrons. The van der Waals surface area contributed by atoms with Gasteiger partial charge in [0.15, 0.2) is 5.78 Å². The second-order valence-corrected chi connectivity index (χ2v) is 9.58. The second kappa shape index (κ2) is 10.8. The second-order valence-electron chi connectivity index (χ2n) is 9.58. The lowest BCUT2D eigenvalue weighted by Gasteiger charge is -2.38. The monoisotopic (exact) mass is 448 g/mol. The number of Topliss-reactive ketones (excluding diaryl/α,β-unsaturated/α-hetero) is 1. The lowest BCUT2D eigenvalue weighted by Crippen LogP contribution is -2.40. The molecule has 3 rings (SSSR count). The topological polar surface area (TPSA) is 52.6 Å². The molecule has 0 aromatic heterocycles. The van der Waals surface area contributed by atoms with E-state index in [2.05, 4.69) is 39.8 Å². The molecule has 3 unspecified atom stereocenters. The van der Waals surface area contributed by atoms with E-state index in [1.807, 2.05) is 42.5 Å². The lowest BCUT2D eigenvalue weighted by molar-refractivity contribution is -0.150. The molecule has 1 aromatic carbocycles. The van der Waals surface area contributed by atoms with Gasteiger partial charge in [-0.1, -0.05) is 53.6 Å². The molecule has 1 aromatic rings. The largest absolute Gasteiger partial charge is 0.487 e. The van der Waals surface area contributed by atoms with E-state index in [1.54, 1.807) is 0 Å². The Kier molecular flexibility index (Phi) is 8.12. The zero-order valence-electron chi connectivity index (χ0n) is 20.5. The van der Waals surface area contributed by atoms with Crippen LogP contribution in [0.1, 0.15) is 71.3 Å². The fraction of sp³-hybridized carbons (Fsp3) is 0.448. The highest BCUT2D eigenvalue weighted by Crippen LogP contribution is 2.44. The maximum atomic E-state index is 13.3. The van der Waals surface area contributed by atoms with E-state index in [4.69, 9.17) is 9.47 Å². The van der Waals surface area contributed by atoms with Crippen LogP contribution < -0.4 is 0 Å². The SMILES string of the molecule is COC(=O)C1C(=O)C2=C(CC1c1ccccc1)OC(C)(CC/C=C(\C)CCC=C(C)C)C=C2. The van der Waals surface area contributed by atoms with Gasteiger partial charge in [-0.2, -0.15) is 0 Å². The Morgan fingerprint density at radius 2 is 1.88 bits per heavy atom. The van der Waals surface area contributed by atoms with E-state index in [1.165, 1.54) is 18.3 Å². The summed E-state index contributed by atoms with van der Waals surface area (Å²) in [5.74, 6) is -1.16. The summed E-state index contributed by atoms with van der Waals surface area (Å²) in [5.41, 5.74) is 3.71. The van der Waals surface area contributed by atoms with Crippen LogP contribution in [0.5, 0.6) is 0 Å². The average Bonchev–Trinajstić information content (AvgIpc) is 2.78. The summed E-state index contributed by atoms with van der Waals surface area (Å²) in [4.78, 5) is 25.8. The number of rotatable bonds is 8. The Bertz CT molecular complexity index is 992. The van der Waals surface area contributed by atoms with Gasteiger partial charge < -0.3 is 9.47 Å². The summed E-state index contributed by atoms with van der Waals surface area (Å²) < 4.78 is 11.4. The summed E-state index contributed by atoms with van der Waals surface area (Å²) in [6, 6.07) is 9.70. The number of carbonyl (C=O) groups excluding carboxylic acids is 2. The van der Waals surface area contributed by atoms with Crippen molar-refractivity contribution in [3.05, 3.63) is 82.7 Å². The first kappa shape index (κ1) is 24.8. The Labute approximate surface area is 198 Å². The van der Waals surface area contributed by atoms with Crippen molar-refractivity contribution in [2.24, 2.45) is 5.92 Å². The number of ketones is 1. The highest BCUT2D eigenvalue weighted by molar-refractivity contribution is 6.11. The van der Waals surface area contributed by atoms with Crippen molar-refractivity contribution >= 4 is 11.8 Å². The van der Waals surface area contributed by atoms with E-state index in [-0.39, 0.29) is 11.7 Å². The van der Waals surface area contributed by atoms with Crippen LogP contribution in [-0.2, 0) is 19.1 Å². The number of methoxy groups -OCH3 is 1. The van der Waals surface area contributed by atoms with E-state index in [0.717, 1.165) is 31.2 Å². The fourth-order valence-electron chi connectivity index (χ4n) is 4.60. The molecular formula is C29H36O4. The van der Waals surface area contributed by atoms with Gasteiger partial charge >= 0.3 is 5.97 Å². The van der Waals surface area contributed by atoms with E-state index in [9.17, 15) is 9.59 Å². The molecule has 0 N–H and O–H groups in total. The predicted octanol–water partition coefficient (Wildman–Crippen LogP) is 6.60. The van der Waals surface area contributed by atoms with Crippen molar-refractivity contribution in [1.82, 2.24) is 0 Å². The van der Waals surface area contributed by atoms with Crippen molar-refractivity contribution in [3.8, 4) is 0 Å². The third-order valence-electron chi connectivity index (χ3n) is 6.52. The molecule has 2 aliphatic rings. The summed E-state index contributed by atoms with van der Waals surface area (Å²) in [6.07, 6.45) is 12.7. The standard InChI is InChI=1S/C29H36O4/c1-20(2)11-9-12-21(3)13-10-17-29(4)18-16-23-25(33-29)19-24(22-14-7-6-8-15-22)26(27(23)30)28(31)32-5/h6-8,11,13-16,18,24,26H,9-10,12,17,19H2,1-5H3/b21-13+. The van der Waals surface area contributed by atoms with Crippen molar-refractivity contribution in [3.63, 3.8) is 0 Å². The quantitative estimate of drug-likeness (QED) is 0.255. The van der Waals surface area contributed by atoms with E-state index < -0.39 is 17.5 Å². The maximum absolute atomic E-state index is 13.3. The first-order valence-corrected chi connectivity index (χ1v) is 11.8. The van der Waals surface area contributed by atoms with Crippen LogP contribution in [-0.4, -0.2) is 24.5 Å². The Morgan fingerprint density at radius 3 is 2.55 bits per heavy atom. The zero-order chi connectivity index (χ0) is 24.0. The maximum Gasteiger partial charge on any atom is 0.317 e. The molecule has 0 amide bonds. The third kappa shape index (κ3) is 6.13. The first-order chi connectivity index (χ1) is 15.7. The Balaban J connectivity index is 1.74. The molecule has 1 heterocycles. The van der Waals surface area contributed by atoms with E-state index in [0.29, 0.717) is 17.8 Å². The van der Waals surface area contributed by atoms with Crippen LogP contribution in [0.4, 0.5) is 0 Å². The minimum absolute atomic E-state index is 0.217. The smallest absolute Gasteiger partial charge is 0.317 e. The molecule has 0 fully saturated rings. The number of hydrogen-bond acceptors (Lipinski definition) is 4. The number of benzene rings is 1. The van der Waals surface area contributed by atoms with Crippen molar-refractivity contribution in [2.75, 3.05) is 7.11 Å². The van der Waals surface area contributed by atoms with Crippen LogP contribution in [0.3, 0.4) is 0 Å². The molecule has 0 bridgehead atoms. The van der Waals surface area contributed by atoms with Gasteiger partial charge in [0, 0.05) is 12.3 Å². The van der Waals surface area contributed by atoms with Crippen LogP contribution in [0.25, 0.3) is 0 Å². The summed E-state index contributed by atoms with van der Waals surface area (Å²) >= 11 is 0. The Morgan fingerprint density at radius 1 is 1.15 bits per heavy atom. The molecule has 1 aliphatic heterocycles. The fourth-order valence-corrected chi connectivity index (χ4v) is 4.60. The van der Waals surface area contributed by atoms with Crippen molar-refractivity contribution in [2.45, 2.75) is 71.3 Å². The molecular weight excluding hydrogens is 412 g/mol. The summed E-state index contributed by atoms with van der Waals surface area (Å²) in [6.45, 7) is 8.49. The van der Waals surface area contributed by atoms with Gasteiger partial charge in [0.1, 0.15) is 17.3 Å². The van der Waals surface area contributed by atoms with Gasteiger partial charge in [-0.15, -0.1) is 0 Å². The molecule has 1 aliphatic carbocycles. The van der Waals surface area contributed by atoms with Gasteiger partial charge in [0.2, 0.25) is 0 Å². The number of allylic oxidation sites excluding steroid dienone is 7. The normalized spacial score (nSPS) is 24.8. The third-order valence-corrected chi connectivity index (χ3v) is 6.52. The number of hydrogen-bond donors (Lipinski definition) is 0.